The Kier molecular flexibility index (Phi) is 8.00. The first-order chi connectivity index (χ1) is 12.7. The van der Waals surface area contributed by atoms with Crippen molar-refractivity contribution in [1.82, 2.24) is 0 Å². The number of hydrogen-bond donors (Lipinski definition) is 5. The van der Waals surface area contributed by atoms with Gasteiger partial charge < -0.3 is 25.2 Å². The lowest BCUT2D eigenvalue weighted by Gasteiger charge is -2.39. The van der Waals surface area contributed by atoms with Gasteiger partial charge >= 0.3 is 10.4 Å². The Morgan fingerprint density at radius 1 is 1.15 bits per heavy atom. The van der Waals surface area contributed by atoms with E-state index in [9.17, 15) is 28.8 Å². The zero-order chi connectivity index (χ0) is 20.0. The molecule has 12 heteroatoms. The van der Waals surface area contributed by atoms with Crippen LogP contribution in [-0.2, 0) is 25.8 Å². The van der Waals surface area contributed by atoms with Crippen LogP contribution in [0.15, 0.2) is 35.5 Å². The standard InChI is InChI=1S/C15H21NO9S2/c17-8-10-12(18)13(19)14(20)15(24-10)26-11(16-25-27(21,22)23)7-6-9-4-2-1-3-5-9/h1-5,10,12-15,17-20H,6-8H2,(H,21,22,23)/t10-,12-,13+,14-,15+/m1/s1. The van der Waals surface area contributed by atoms with E-state index in [1.807, 2.05) is 30.3 Å². The fraction of sp³-hybridized carbons (Fsp3) is 0.533. The third-order valence-corrected chi connectivity index (χ3v) is 5.24. The molecule has 5 N–H and O–H groups in total. The number of thioether (sulfide) groups is 1. The van der Waals surface area contributed by atoms with Gasteiger partial charge in [-0.05, 0) is 12.0 Å². The van der Waals surface area contributed by atoms with Gasteiger partial charge in [-0.15, -0.1) is 0 Å². The van der Waals surface area contributed by atoms with Crippen molar-refractivity contribution in [3.63, 3.8) is 0 Å². The molecular weight excluding hydrogens is 402 g/mol. The Morgan fingerprint density at radius 2 is 1.81 bits per heavy atom. The van der Waals surface area contributed by atoms with Crippen LogP contribution in [0.3, 0.4) is 0 Å². The zero-order valence-electron chi connectivity index (χ0n) is 14.0. The molecule has 0 amide bonds. The number of ether oxygens (including phenoxy) is 1. The third kappa shape index (κ3) is 6.69. The Labute approximate surface area is 160 Å². The second kappa shape index (κ2) is 9.80. The summed E-state index contributed by atoms with van der Waals surface area (Å²) in [5, 5.41) is 42.4. The van der Waals surface area contributed by atoms with Crippen molar-refractivity contribution in [2.45, 2.75) is 42.7 Å². The number of oxime groups is 1. The van der Waals surface area contributed by atoms with E-state index in [2.05, 4.69) is 9.44 Å². The lowest BCUT2D eigenvalue weighted by Crippen LogP contribution is -2.57. The first kappa shape index (κ1) is 22.0. The maximum atomic E-state index is 10.8. The minimum atomic E-state index is -4.82. The van der Waals surface area contributed by atoms with Gasteiger partial charge in [0.05, 0.1) is 6.61 Å². The fourth-order valence-electron chi connectivity index (χ4n) is 2.41. The molecule has 1 saturated heterocycles. The van der Waals surface area contributed by atoms with Gasteiger partial charge in [-0.3, -0.25) is 4.55 Å². The van der Waals surface area contributed by atoms with Crippen molar-refractivity contribution >= 4 is 27.2 Å². The molecule has 27 heavy (non-hydrogen) atoms. The largest absolute Gasteiger partial charge is 0.466 e. The molecule has 0 aromatic heterocycles. The van der Waals surface area contributed by atoms with E-state index in [-0.39, 0.29) is 11.5 Å². The van der Waals surface area contributed by atoms with E-state index in [4.69, 9.17) is 9.29 Å². The molecule has 0 bridgehead atoms. The summed E-state index contributed by atoms with van der Waals surface area (Å²) in [5.74, 6) is 0. The highest BCUT2D eigenvalue weighted by Crippen LogP contribution is 2.30. The number of aliphatic hydroxyl groups is 4. The second-order valence-corrected chi connectivity index (χ2v) is 7.96. The smallest absolute Gasteiger partial charge is 0.394 e. The van der Waals surface area contributed by atoms with E-state index in [1.54, 1.807) is 0 Å². The maximum Gasteiger partial charge on any atom is 0.466 e. The average Bonchev–Trinajstić information content (AvgIpc) is 2.64. The van der Waals surface area contributed by atoms with Crippen molar-refractivity contribution in [1.29, 1.82) is 0 Å². The maximum absolute atomic E-state index is 10.8. The summed E-state index contributed by atoms with van der Waals surface area (Å²) in [5.41, 5.74) is -0.230. The van der Waals surface area contributed by atoms with Crippen LogP contribution in [0.25, 0.3) is 0 Å². The van der Waals surface area contributed by atoms with Gasteiger partial charge in [-0.25, -0.2) is 4.28 Å². The van der Waals surface area contributed by atoms with Crippen molar-refractivity contribution < 1.29 is 42.4 Å². The molecule has 1 aromatic carbocycles. The average molecular weight is 423 g/mol. The van der Waals surface area contributed by atoms with Crippen LogP contribution in [0.2, 0.25) is 0 Å². The summed E-state index contributed by atoms with van der Waals surface area (Å²) in [7, 11) is -4.82. The molecule has 2 rings (SSSR count). The number of aryl methyl sites for hydroxylation is 1. The molecule has 0 aliphatic carbocycles. The monoisotopic (exact) mass is 423 g/mol. The minimum Gasteiger partial charge on any atom is -0.394 e. The second-order valence-electron chi connectivity index (χ2n) is 5.79. The van der Waals surface area contributed by atoms with Crippen LogP contribution >= 0.6 is 11.8 Å². The van der Waals surface area contributed by atoms with Crippen LogP contribution in [-0.4, -0.2) is 74.9 Å². The molecule has 1 aliphatic heterocycles. The van der Waals surface area contributed by atoms with E-state index >= 15 is 0 Å². The van der Waals surface area contributed by atoms with Gasteiger partial charge in [0.15, 0.2) is 0 Å². The van der Waals surface area contributed by atoms with Gasteiger partial charge in [0.1, 0.15) is 34.9 Å². The predicted molar refractivity (Wildman–Crippen MR) is 96.2 cm³/mol. The Hall–Kier alpha value is -1.25. The van der Waals surface area contributed by atoms with E-state index in [0.29, 0.717) is 6.42 Å². The molecule has 1 fully saturated rings. The molecule has 1 heterocycles. The molecular formula is C15H21NO9S2. The summed E-state index contributed by atoms with van der Waals surface area (Å²) in [6.07, 6.45) is -5.11. The number of benzene rings is 1. The summed E-state index contributed by atoms with van der Waals surface area (Å²) >= 11 is 0.754. The highest BCUT2D eigenvalue weighted by atomic mass is 32.3. The molecule has 0 unspecified atom stereocenters. The normalized spacial score (nSPS) is 29.5. The molecule has 0 spiro atoms. The van der Waals surface area contributed by atoms with Gasteiger partial charge in [0, 0.05) is 6.42 Å². The Balaban J connectivity index is 2.12. The van der Waals surface area contributed by atoms with Crippen LogP contribution < -0.4 is 0 Å². The van der Waals surface area contributed by atoms with E-state index < -0.39 is 46.9 Å². The third-order valence-electron chi connectivity index (χ3n) is 3.80. The lowest BCUT2D eigenvalue weighted by molar-refractivity contribution is -0.205. The highest BCUT2D eigenvalue weighted by Gasteiger charge is 2.44. The first-order valence-electron chi connectivity index (χ1n) is 7.95. The van der Waals surface area contributed by atoms with E-state index in [1.165, 1.54) is 0 Å². The molecule has 152 valence electrons. The SMILES string of the molecule is O=S(=O)(O)ON=C(CCc1ccccc1)S[C@@H]1O[C@H](CO)[C@@H](O)[C@H](O)[C@H]1O. The van der Waals surface area contributed by atoms with Crippen molar-refractivity contribution in [3.8, 4) is 0 Å². The summed E-state index contributed by atoms with van der Waals surface area (Å²) in [4.78, 5) is 0. The van der Waals surface area contributed by atoms with Crippen molar-refractivity contribution in [2.75, 3.05) is 6.61 Å². The van der Waals surface area contributed by atoms with Crippen LogP contribution in [0.4, 0.5) is 0 Å². The number of rotatable bonds is 7. The Bertz CT molecular complexity index is 726. The van der Waals surface area contributed by atoms with Gasteiger partial charge in [-0.2, -0.15) is 8.42 Å². The van der Waals surface area contributed by atoms with Crippen LogP contribution in [0, 0.1) is 0 Å². The number of aliphatic hydroxyl groups excluding tert-OH is 4. The van der Waals surface area contributed by atoms with E-state index in [0.717, 1.165) is 17.3 Å². The Morgan fingerprint density at radius 3 is 2.41 bits per heavy atom. The molecule has 0 saturated carbocycles. The quantitative estimate of drug-likeness (QED) is 0.163. The fourth-order valence-corrected chi connectivity index (χ4v) is 3.71. The van der Waals surface area contributed by atoms with Gasteiger partial charge in [-0.1, -0.05) is 47.2 Å². The van der Waals surface area contributed by atoms with Gasteiger partial charge in [0.2, 0.25) is 0 Å². The minimum absolute atomic E-state index is 0.0563. The number of hydrogen-bond acceptors (Lipinski definition) is 10. The van der Waals surface area contributed by atoms with Crippen molar-refractivity contribution in [2.24, 2.45) is 5.16 Å². The van der Waals surface area contributed by atoms with Crippen LogP contribution in [0.5, 0.6) is 0 Å². The first-order valence-corrected chi connectivity index (χ1v) is 10.2. The van der Waals surface area contributed by atoms with Crippen LogP contribution in [0.1, 0.15) is 12.0 Å². The highest BCUT2D eigenvalue weighted by molar-refractivity contribution is 8.14. The topological polar surface area (TPSA) is 166 Å². The molecule has 0 radical (unpaired) electrons. The number of nitrogens with zero attached hydrogens (tertiary/aromatic N) is 1. The van der Waals surface area contributed by atoms with Gasteiger partial charge in [0.25, 0.3) is 0 Å². The lowest BCUT2D eigenvalue weighted by atomic mass is 10.0. The summed E-state index contributed by atoms with van der Waals surface area (Å²) in [6, 6.07) is 9.18. The molecule has 5 atom stereocenters. The summed E-state index contributed by atoms with van der Waals surface area (Å²) < 4.78 is 39.7. The zero-order valence-corrected chi connectivity index (χ0v) is 15.7. The predicted octanol–water partition coefficient (Wildman–Crippen LogP) is -0.715. The summed E-state index contributed by atoms with van der Waals surface area (Å²) in [6.45, 7) is -0.597. The van der Waals surface area contributed by atoms with Crippen molar-refractivity contribution in [3.05, 3.63) is 35.9 Å². The molecule has 10 nitrogen and oxygen atoms in total. The molecule has 1 aromatic rings. The molecule has 1 aliphatic rings.